The number of sulfone groups is 1. The van der Waals surface area contributed by atoms with Gasteiger partial charge in [-0.3, -0.25) is 4.21 Å². The number of nitrogens with zero attached hydrogens (tertiary/aromatic N) is 3. The Labute approximate surface area is 219 Å². The molecule has 12 heteroatoms. The fraction of sp³-hybridized carbons (Fsp3) is 0.160. The van der Waals surface area contributed by atoms with Crippen molar-refractivity contribution in [1.29, 1.82) is 0 Å². The highest BCUT2D eigenvalue weighted by Gasteiger charge is 2.50. The van der Waals surface area contributed by atoms with Crippen LogP contribution in [0.1, 0.15) is 29.3 Å². The Balaban J connectivity index is 1.62. The zero-order chi connectivity index (χ0) is 26.0. The fourth-order valence-electron chi connectivity index (χ4n) is 3.87. The third-order valence-electron chi connectivity index (χ3n) is 5.94. The van der Waals surface area contributed by atoms with E-state index >= 15 is 0 Å². The second-order valence-electron chi connectivity index (χ2n) is 8.40. The molecule has 0 aliphatic heterocycles. The van der Waals surface area contributed by atoms with Gasteiger partial charge >= 0.3 is 0 Å². The normalized spacial score (nSPS) is 14.4. The molecule has 2 unspecified atom stereocenters. The number of nitrogens with one attached hydrogen (secondary N) is 1. The first kappa shape index (κ1) is 25.4. The van der Waals surface area contributed by atoms with Crippen LogP contribution >= 0.6 is 11.3 Å². The minimum absolute atomic E-state index is 0.0622. The van der Waals surface area contributed by atoms with Crippen molar-refractivity contribution in [2.45, 2.75) is 24.0 Å². The standard InChI is InChI=1S/C25H22N4O5S3/c1-25(23-29-28-22(34-23)15-26-36(30)31,37(32,33)16-17-8-4-2-5-9-17)24-27-20-13-12-19(14-21(20)35-24)18-10-6-3-7-11-18/h2-14,26H,15-16H2,1H3,(H,30,31)/p-1. The van der Waals surface area contributed by atoms with Gasteiger partial charge in [-0.25, -0.2) is 18.1 Å². The van der Waals surface area contributed by atoms with E-state index in [1.807, 2.05) is 54.6 Å². The molecule has 2 heterocycles. The van der Waals surface area contributed by atoms with Gasteiger partial charge in [-0.05, 0) is 35.7 Å². The van der Waals surface area contributed by atoms with E-state index in [1.54, 1.807) is 24.3 Å². The van der Waals surface area contributed by atoms with E-state index in [9.17, 15) is 17.2 Å². The van der Waals surface area contributed by atoms with Crippen molar-refractivity contribution in [2.75, 3.05) is 0 Å². The van der Waals surface area contributed by atoms with Gasteiger partial charge in [0.15, 0.2) is 14.6 Å². The predicted octanol–water partition coefficient (Wildman–Crippen LogP) is 4.11. The molecule has 0 saturated carbocycles. The Bertz CT molecular complexity index is 1670. The molecule has 5 aromatic rings. The van der Waals surface area contributed by atoms with E-state index in [2.05, 4.69) is 19.9 Å². The molecule has 0 fully saturated rings. The number of benzene rings is 3. The lowest BCUT2D eigenvalue weighted by atomic mass is 10.1. The average Bonchev–Trinajstić information content (AvgIpc) is 3.55. The number of hydrogen-bond donors (Lipinski definition) is 1. The van der Waals surface area contributed by atoms with Crippen molar-refractivity contribution in [2.24, 2.45) is 0 Å². The molecule has 0 aliphatic rings. The van der Waals surface area contributed by atoms with E-state index in [0.29, 0.717) is 11.1 Å². The maximum atomic E-state index is 14.0. The summed E-state index contributed by atoms with van der Waals surface area (Å²) in [6.07, 6.45) is 0. The lowest BCUT2D eigenvalue weighted by Gasteiger charge is -2.23. The maximum Gasteiger partial charge on any atom is 0.244 e. The molecule has 37 heavy (non-hydrogen) atoms. The summed E-state index contributed by atoms with van der Waals surface area (Å²) in [6.45, 7) is 1.23. The Morgan fingerprint density at radius 2 is 1.70 bits per heavy atom. The van der Waals surface area contributed by atoms with Gasteiger partial charge in [-0.2, -0.15) is 0 Å². The largest absolute Gasteiger partial charge is 0.760 e. The van der Waals surface area contributed by atoms with Crippen molar-refractivity contribution in [3.05, 3.63) is 101 Å². The van der Waals surface area contributed by atoms with Crippen molar-refractivity contribution >= 4 is 42.7 Å². The van der Waals surface area contributed by atoms with E-state index in [0.717, 1.165) is 15.8 Å². The number of aromatic nitrogens is 3. The van der Waals surface area contributed by atoms with Crippen molar-refractivity contribution < 1.29 is 21.6 Å². The van der Waals surface area contributed by atoms with Crippen LogP contribution in [0.3, 0.4) is 0 Å². The maximum absolute atomic E-state index is 14.0. The van der Waals surface area contributed by atoms with E-state index in [4.69, 9.17) is 4.42 Å². The van der Waals surface area contributed by atoms with Gasteiger partial charge in [-0.15, -0.1) is 21.5 Å². The first-order valence-corrected chi connectivity index (χ1v) is 14.7. The van der Waals surface area contributed by atoms with Crippen LogP contribution in [-0.2, 0) is 38.1 Å². The summed E-state index contributed by atoms with van der Waals surface area (Å²) < 4.78 is 56.6. The number of fused-ring (bicyclic) bond motifs is 1. The van der Waals surface area contributed by atoms with E-state index in [1.165, 1.54) is 18.3 Å². The summed E-state index contributed by atoms with van der Waals surface area (Å²) in [5, 5.41) is 8.16. The number of rotatable bonds is 9. The molecule has 0 aliphatic carbocycles. The third kappa shape index (κ3) is 5.11. The smallest absolute Gasteiger partial charge is 0.244 e. The average molecular weight is 554 g/mol. The van der Waals surface area contributed by atoms with Gasteiger partial charge in [0.1, 0.15) is 5.01 Å². The van der Waals surface area contributed by atoms with Crippen molar-refractivity contribution in [1.82, 2.24) is 19.9 Å². The van der Waals surface area contributed by atoms with Crippen LogP contribution in [0.2, 0.25) is 0 Å². The molecule has 0 spiro atoms. The number of thiazole rings is 1. The summed E-state index contributed by atoms with van der Waals surface area (Å²) in [4.78, 5) is 4.68. The van der Waals surface area contributed by atoms with Crippen LogP contribution in [0, 0.1) is 0 Å². The topological polar surface area (TPSA) is 138 Å². The molecule has 0 amide bonds. The molecule has 0 bridgehead atoms. The molecule has 190 valence electrons. The first-order valence-electron chi connectivity index (χ1n) is 11.1. The highest BCUT2D eigenvalue weighted by atomic mass is 32.2. The Hall–Kier alpha value is -3.29. The summed E-state index contributed by atoms with van der Waals surface area (Å²) >= 11 is -1.30. The Morgan fingerprint density at radius 3 is 2.41 bits per heavy atom. The van der Waals surface area contributed by atoms with Crippen LogP contribution in [0.25, 0.3) is 21.3 Å². The van der Waals surface area contributed by atoms with Gasteiger partial charge in [0.25, 0.3) is 0 Å². The zero-order valence-corrected chi connectivity index (χ0v) is 22.0. The van der Waals surface area contributed by atoms with Gasteiger partial charge in [0.05, 0.1) is 22.5 Å². The second-order valence-corrected chi connectivity index (χ2v) is 12.5. The SMILES string of the molecule is CC(c1nnc(CNS(=O)[O-])o1)(c1nc2ccc(-c3ccccc3)cc2s1)S(=O)(=O)Cc1ccccc1. The van der Waals surface area contributed by atoms with Crippen molar-refractivity contribution in [3.8, 4) is 11.1 Å². The first-order chi connectivity index (χ1) is 17.8. The lowest BCUT2D eigenvalue weighted by molar-refractivity contribution is 0.410. The summed E-state index contributed by atoms with van der Waals surface area (Å²) in [6, 6.07) is 24.4. The molecule has 2 atom stereocenters. The quantitative estimate of drug-likeness (QED) is 0.269. The second kappa shape index (κ2) is 10.2. The van der Waals surface area contributed by atoms with Gasteiger partial charge in [-0.1, -0.05) is 66.7 Å². The van der Waals surface area contributed by atoms with Crippen LogP contribution in [0.4, 0.5) is 0 Å². The summed E-state index contributed by atoms with van der Waals surface area (Å²) in [7, 11) is -4.00. The van der Waals surface area contributed by atoms with Gasteiger partial charge in [0.2, 0.25) is 11.8 Å². The van der Waals surface area contributed by atoms with Gasteiger partial charge < -0.3 is 8.97 Å². The zero-order valence-electron chi connectivity index (χ0n) is 19.5. The molecule has 3 aromatic carbocycles. The van der Waals surface area contributed by atoms with E-state index in [-0.39, 0.29) is 29.1 Å². The van der Waals surface area contributed by atoms with E-state index < -0.39 is 25.9 Å². The van der Waals surface area contributed by atoms with Crippen LogP contribution in [0.15, 0.2) is 83.3 Å². The molecule has 9 nitrogen and oxygen atoms in total. The summed E-state index contributed by atoms with van der Waals surface area (Å²) in [5.41, 5.74) is 3.26. The minimum atomic E-state index is -4.00. The molecule has 0 radical (unpaired) electrons. The highest BCUT2D eigenvalue weighted by molar-refractivity contribution is 7.91. The van der Waals surface area contributed by atoms with Crippen molar-refractivity contribution in [3.63, 3.8) is 0 Å². The fourth-order valence-corrected chi connectivity index (χ4v) is 7.24. The molecular weight excluding hydrogens is 532 g/mol. The van der Waals surface area contributed by atoms with Crippen LogP contribution in [0.5, 0.6) is 0 Å². The number of hydrogen-bond acceptors (Lipinski definition) is 9. The van der Waals surface area contributed by atoms with Gasteiger partial charge in [0, 0.05) is 11.3 Å². The third-order valence-corrected chi connectivity index (χ3v) is 10.0. The molecule has 1 N–H and O–H groups in total. The molecule has 5 rings (SSSR count). The monoisotopic (exact) mass is 553 g/mol. The summed E-state index contributed by atoms with van der Waals surface area (Å²) in [5.74, 6) is -0.525. The van der Waals surface area contributed by atoms with Crippen LogP contribution < -0.4 is 4.72 Å². The molecule has 0 saturated heterocycles. The highest BCUT2D eigenvalue weighted by Crippen LogP contribution is 2.42. The molecule has 2 aromatic heterocycles. The molecular formula is C25H21N4O5S3-. The van der Waals surface area contributed by atoms with Crippen LogP contribution in [-0.4, -0.2) is 32.4 Å². The lowest BCUT2D eigenvalue weighted by Crippen LogP contribution is -2.35. The Morgan fingerprint density at radius 1 is 1.00 bits per heavy atom. The minimum Gasteiger partial charge on any atom is -0.760 e. The Kier molecular flexibility index (Phi) is 7.01. The predicted molar refractivity (Wildman–Crippen MR) is 141 cm³/mol.